The van der Waals surface area contributed by atoms with E-state index in [1.807, 2.05) is 18.2 Å². The van der Waals surface area contributed by atoms with Gasteiger partial charge >= 0.3 is 0 Å². The first kappa shape index (κ1) is 13.9. The molecule has 0 unspecified atom stereocenters. The van der Waals surface area contributed by atoms with Crippen LogP contribution in [0, 0.1) is 0 Å². The predicted molar refractivity (Wildman–Crippen MR) is 74.9 cm³/mol. The van der Waals surface area contributed by atoms with Crippen LogP contribution >= 0.6 is 0 Å². The van der Waals surface area contributed by atoms with Gasteiger partial charge in [-0.1, -0.05) is 11.2 Å². The summed E-state index contributed by atoms with van der Waals surface area (Å²) in [6.07, 6.45) is 1.73. The monoisotopic (exact) mass is 275 g/mol. The van der Waals surface area contributed by atoms with Gasteiger partial charge in [0.2, 0.25) is 5.95 Å². The Kier molecular flexibility index (Phi) is 4.54. The summed E-state index contributed by atoms with van der Waals surface area (Å²) in [5.74, 6) is 2.09. The zero-order valence-electron chi connectivity index (χ0n) is 11.5. The molecule has 0 atom stereocenters. The third-order valence-corrected chi connectivity index (χ3v) is 2.77. The second kappa shape index (κ2) is 6.55. The molecule has 7 heteroatoms. The fourth-order valence-electron chi connectivity index (χ4n) is 1.75. The second-order valence-electron chi connectivity index (χ2n) is 4.00. The molecule has 0 aliphatic heterocycles. The Balaban J connectivity index is 2.10. The van der Waals surface area contributed by atoms with Gasteiger partial charge in [0.15, 0.2) is 0 Å². The topological polar surface area (TPSA) is 74.1 Å². The molecule has 0 radical (unpaired) electrons. The summed E-state index contributed by atoms with van der Waals surface area (Å²) in [4.78, 5) is 0. The van der Waals surface area contributed by atoms with Crippen LogP contribution in [0.25, 0.3) is 0 Å². The minimum absolute atomic E-state index is 0.546. The molecule has 1 aromatic carbocycles. The summed E-state index contributed by atoms with van der Waals surface area (Å²) >= 11 is 0. The average molecular weight is 275 g/mol. The van der Waals surface area contributed by atoms with E-state index in [-0.39, 0.29) is 0 Å². The molecule has 1 heterocycles. The SMILES string of the molecule is C=CCn1nnnc1NCc1ccc(OC)cc1OC. The molecule has 106 valence electrons. The van der Waals surface area contributed by atoms with Crippen LogP contribution in [0.3, 0.4) is 0 Å². The fourth-order valence-corrected chi connectivity index (χ4v) is 1.75. The van der Waals surface area contributed by atoms with Crippen LogP contribution in [0.4, 0.5) is 5.95 Å². The summed E-state index contributed by atoms with van der Waals surface area (Å²) in [5, 5.41) is 14.6. The molecular formula is C13H17N5O2. The number of hydrogen-bond acceptors (Lipinski definition) is 6. The molecule has 0 bridgehead atoms. The average Bonchev–Trinajstić information content (AvgIpc) is 2.92. The van der Waals surface area contributed by atoms with E-state index in [2.05, 4.69) is 27.4 Å². The van der Waals surface area contributed by atoms with E-state index in [9.17, 15) is 0 Å². The molecule has 0 amide bonds. The summed E-state index contributed by atoms with van der Waals surface area (Å²) in [6, 6.07) is 5.66. The van der Waals surface area contributed by atoms with Crippen molar-refractivity contribution < 1.29 is 9.47 Å². The molecule has 2 aromatic rings. The van der Waals surface area contributed by atoms with Gasteiger partial charge in [0, 0.05) is 18.2 Å². The van der Waals surface area contributed by atoms with Crippen molar-refractivity contribution in [3.8, 4) is 11.5 Å². The van der Waals surface area contributed by atoms with Crippen LogP contribution in [0.1, 0.15) is 5.56 Å². The van der Waals surface area contributed by atoms with Crippen molar-refractivity contribution in [2.75, 3.05) is 19.5 Å². The first-order chi connectivity index (χ1) is 9.78. The van der Waals surface area contributed by atoms with E-state index in [0.29, 0.717) is 19.0 Å². The third kappa shape index (κ3) is 3.05. The van der Waals surface area contributed by atoms with E-state index >= 15 is 0 Å². The summed E-state index contributed by atoms with van der Waals surface area (Å²) in [6.45, 7) is 4.76. The normalized spacial score (nSPS) is 10.1. The van der Waals surface area contributed by atoms with Gasteiger partial charge in [0.1, 0.15) is 11.5 Å². The van der Waals surface area contributed by atoms with E-state index in [1.165, 1.54) is 0 Å². The number of aromatic nitrogens is 4. The molecule has 0 saturated carbocycles. The minimum atomic E-state index is 0.546. The van der Waals surface area contributed by atoms with E-state index in [1.54, 1.807) is 25.0 Å². The van der Waals surface area contributed by atoms with Gasteiger partial charge in [-0.05, 0) is 22.6 Å². The van der Waals surface area contributed by atoms with Gasteiger partial charge in [-0.2, -0.15) is 0 Å². The van der Waals surface area contributed by atoms with Gasteiger partial charge in [-0.15, -0.1) is 6.58 Å². The Morgan fingerprint density at radius 2 is 2.20 bits per heavy atom. The lowest BCUT2D eigenvalue weighted by atomic mass is 10.2. The third-order valence-electron chi connectivity index (χ3n) is 2.77. The summed E-state index contributed by atoms with van der Waals surface area (Å²) < 4.78 is 12.1. The van der Waals surface area contributed by atoms with Crippen molar-refractivity contribution >= 4 is 5.95 Å². The second-order valence-corrected chi connectivity index (χ2v) is 4.00. The lowest BCUT2D eigenvalue weighted by Crippen LogP contribution is -2.09. The number of tetrazole rings is 1. The first-order valence-corrected chi connectivity index (χ1v) is 6.10. The molecule has 0 aliphatic carbocycles. The fraction of sp³-hybridized carbons (Fsp3) is 0.308. The Labute approximate surface area is 117 Å². The molecule has 2 rings (SSSR count). The highest BCUT2D eigenvalue weighted by Gasteiger charge is 2.08. The Bertz CT molecular complexity index is 582. The number of methoxy groups -OCH3 is 2. The Morgan fingerprint density at radius 3 is 2.90 bits per heavy atom. The van der Waals surface area contributed by atoms with Crippen molar-refractivity contribution in [3.05, 3.63) is 36.4 Å². The number of nitrogens with zero attached hydrogens (tertiary/aromatic N) is 4. The Hall–Kier alpha value is -2.57. The van der Waals surface area contributed by atoms with Crippen LogP contribution in [0.15, 0.2) is 30.9 Å². The van der Waals surface area contributed by atoms with Crippen molar-refractivity contribution in [1.82, 2.24) is 20.2 Å². The molecule has 7 nitrogen and oxygen atoms in total. The summed E-state index contributed by atoms with van der Waals surface area (Å²) in [7, 11) is 3.25. The number of ether oxygens (including phenoxy) is 2. The smallest absolute Gasteiger partial charge is 0.243 e. The van der Waals surface area contributed by atoms with E-state index < -0.39 is 0 Å². The number of rotatable bonds is 7. The van der Waals surface area contributed by atoms with E-state index in [0.717, 1.165) is 17.1 Å². The van der Waals surface area contributed by atoms with Gasteiger partial charge in [-0.3, -0.25) is 0 Å². The maximum Gasteiger partial charge on any atom is 0.243 e. The molecule has 1 aromatic heterocycles. The first-order valence-electron chi connectivity index (χ1n) is 6.10. The van der Waals surface area contributed by atoms with Gasteiger partial charge < -0.3 is 14.8 Å². The minimum Gasteiger partial charge on any atom is -0.497 e. The van der Waals surface area contributed by atoms with Gasteiger partial charge in [0.05, 0.1) is 20.8 Å². The maximum absolute atomic E-state index is 5.34. The van der Waals surface area contributed by atoms with Crippen LogP contribution < -0.4 is 14.8 Å². The molecule has 20 heavy (non-hydrogen) atoms. The van der Waals surface area contributed by atoms with Crippen LogP contribution in [0.2, 0.25) is 0 Å². The maximum atomic E-state index is 5.34. The van der Waals surface area contributed by atoms with Crippen molar-refractivity contribution in [3.63, 3.8) is 0 Å². The van der Waals surface area contributed by atoms with Gasteiger partial charge in [0.25, 0.3) is 0 Å². The summed E-state index contributed by atoms with van der Waals surface area (Å²) in [5.41, 5.74) is 0.987. The lowest BCUT2D eigenvalue weighted by Gasteiger charge is -2.11. The molecule has 0 spiro atoms. The highest BCUT2D eigenvalue weighted by molar-refractivity contribution is 5.42. The molecule has 0 aliphatic rings. The van der Waals surface area contributed by atoms with Crippen LogP contribution in [-0.2, 0) is 13.1 Å². The Morgan fingerprint density at radius 1 is 1.35 bits per heavy atom. The highest BCUT2D eigenvalue weighted by atomic mass is 16.5. The van der Waals surface area contributed by atoms with Crippen LogP contribution in [0.5, 0.6) is 11.5 Å². The zero-order chi connectivity index (χ0) is 14.4. The molecule has 1 N–H and O–H groups in total. The van der Waals surface area contributed by atoms with Crippen molar-refractivity contribution in [2.24, 2.45) is 0 Å². The molecule has 0 saturated heterocycles. The number of anilines is 1. The largest absolute Gasteiger partial charge is 0.497 e. The number of nitrogens with one attached hydrogen (secondary N) is 1. The standard InChI is InChI=1S/C13H17N5O2/c1-4-7-18-13(15-16-17-18)14-9-10-5-6-11(19-2)8-12(10)20-3/h4-6,8H,1,7,9H2,2-3H3,(H,14,15,17). The number of benzene rings is 1. The lowest BCUT2D eigenvalue weighted by molar-refractivity contribution is 0.391. The quantitative estimate of drug-likeness (QED) is 0.772. The number of hydrogen-bond donors (Lipinski definition) is 1. The predicted octanol–water partition coefficient (Wildman–Crippen LogP) is 1.49. The van der Waals surface area contributed by atoms with Gasteiger partial charge in [-0.25, -0.2) is 4.68 Å². The highest BCUT2D eigenvalue weighted by Crippen LogP contribution is 2.25. The molecule has 0 fully saturated rings. The zero-order valence-corrected chi connectivity index (χ0v) is 11.5. The van der Waals surface area contributed by atoms with Crippen LogP contribution in [-0.4, -0.2) is 34.4 Å². The van der Waals surface area contributed by atoms with Crippen molar-refractivity contribution in [1.29, 1.82) is 0 Å². The van der Waals surface area contributed by atoms with Crippen molar-refractivity contribution in [2.45, 2.75) is 13.1 Å². The number of allylic oxidation sites excluding steroid dienone is 1. The van der Waals surface area contributed by atoms with E-state index in [4.69, 9.17) is 9.47 Å². The molecular weight excluding hydrogens is 258 g/mol.